The standard InChI is InChI=1S/C11H14N4S/c1-7-2-3-8-9(6-7)15-10(14-8)4-5-16-11(12)13/h2-3,6H,4-5H2,1H3,(H3,12,13)(H,14,15)/p+1. The van der Waals surface area contributed by atoms with E-state index < -0.39 is 0 Å². The van der Waals surface area contributed by atoms with Crippen molar-refractivity contribution in [3.05, 3.63) is 29.6 Å². The van der Waals surface area contributed by atoms with Crippen molar-refractivity contribution < 1.29 is 5.41 Å². The van der Waals surface area contributed by atoms with Crippen LogP contribution in [0.5, 0.6) is 0 Å². The number of nitrogens with zero attached hydrogens (tertiary/aromatic N) is 1. The highest BCUT2D eigenvalue weighted by Gasteiger charge is 2.04. The summed E-state index contributed by atoms with van der Waals surface area (Å²) in [7, 11) is 0. The SMILES string of the molecule is Cc1ccc2nc(CCSC(N)=[NH2+])[nH]c2c1. The summed E-state index contributed by atoms with van der Waals surface area (Å²) in [5, 5.41) is 5.79. The molecule has 5 heteroatoms. The number of amidine groups is 1. The summed E-state index contributed by atoms with van der Waals surface area (Å²) in [5.41, 5.74) is 8.71. The van der Waals surface area contributed by atoms with Crippen LogP contribution < -0.4 is 11.1 Å². The molecule has 0 atom stereocenters. The average molecular weight is 235 g/mol. The smallest absolute Gasteiger partial charge is 0.299 e. The monoisotopic (exact) mass is 235 g/mol. The van der Waals surface area contributed by atoms with Gasteiger partial charge in [0, 0.05) is 12.2 Å². The van der Waals surface area contributed by atoms with E-state index in [0.29, 0.717) is 5.17 Å². The van der Waals surface area contributed by atoms with Crippen LogP contribution in [0.1, 0.15) is 11.4 Å². The number of hydrogen-bond donors (Lipinski definition) is 3. The van der Waals surface area contributed by atoms with Crippen LogP contribution in [-0.4, -0.2) is 20.9 Å². The van der Waals surface area contributed by atoms with E-state index in [1.165, 1.54) is 17.3 Å². The highest BCUT2D eigenvalue weighted by atomic mass is 32.2. The molecule has 1 heterocycles. The van der Waals surface area contributed by atoms with Crippen molar-refractivity contribution in [1.29, 1.82) is 0 Å². The minimum absolute atomic E-state index is 0.409. The van der Waals surface area contributed by atoms with E-state index in [1.54, 1.807) is 0 Å². The summed E-state index contributed by atoms with van der Waals surface area (Å²) in [4.78, 5) is 7.79. The molecule has 0 aliphatic heterocycles. The number of imidazole rings is 1. The van der Waals surface area contributed by atoms with Crippen molar-refractivity contribution in [2.45, 2.75) is 13.3 Å². The van der Waals surface area contributed by atoms with Gasteiger partial charge in [-0.05, 0) is 36.4 Å². The molecule has 0 radical (unpaired) electrons. The maximum Gasteiger partial charge on any atom is 0.299 e. The number of thioether (sulfide) groups is 1. The fraction of sp³-hybridized carbons (Fsp3) is 0.273. The first-order valence-corrected chi connectivity index (χ1v) is 6.09. The first kappa shape index (κ1) is 11.0. The number of aromatic amines is 1. The molecule has 0 amide bonds. The molecule has 0 fully saturated rings. The second kappa shape index (κ2) is 4.57. The van der Waals surface area contributed by atoms with E-state index in [-0.39, 0.29) is 0 Å². The van der Waals surface area contributed by atoms with Gasteiger partial charge in [-0.25, -0.2) is 4.98 Å². The maximum absolute atomic E-state index is 5.38. The maximum atomic E-state index is 5.38. The van der Waals surface area contributed by atoms with Gasteiger partial charge in [-0.1, -0.05) is 6.07 Å². The van der Waals surface area contributed by atoms with Crippen molar-refractivity contribution in [2.75, 3.05) is 5.75 Å². The van der Waals surface area contributed by atoms with Gasteiger partial charge in [0.15, 0.2) is 0 Å². The zero-order valence-electron chi connectivity index (χ0n) is 9.16. The number of fused-ring (bicyclic) bond motifs is 1. The van der Waals surface area contributed by atoms with Crippen molar-refractivity contribution in [3.63, 3.8) is 0 Å². The molecule has 0 aliphatic rings. The molecule has 4 nitrogen and oxygen atoms in total. The van der Waals surface area contributed by atoms with Crippen molar-refractivity contribution in [2.24, 2.45) is 5.73 Å². The lowest BCUT2D eigenvalue weighted by atomic mass is 10.2. The molecule has 0 aliphatic carbocycles. The lowest BCUT2D eigenvalue weighted by Gasteiger charge is -1.92. The predicted molar refractivity (Wildman–Crippen MR) is 68.1 cm³/mol. The molecule has 2 rings (SSSR count). The lowest BCUT2D eigenvalue weighted by Crippen LogP contribution is -2.43. The van der Waals surface area contributed by atoms with Gasteiger partial charge in [-0.2, -0.15) is 0 Å². The molecule has 2 aromatic rings. The number of nitrogens with one attached hydrogen (secondary N) is 1. The largest absolute Gasteiger partial charge is 0.342 e. The zero-order valence-corrected chi connectivity index (χ0v) is 9.97. The van der Waals surface area contributed by atoms with Crippen LogP contribution in [0.15, 0.2) is 18.2 Å². The summed E-state index contributed by atoms with van der Waals surface area (Å²) >= 11 is 1.45. The molecule has 0 saturated heterocycles. The quantitative estimate of drug-likeness (QED) is 0.526. The van der Waals surface area contributed by atoms with E-state index in [9.17, 15) is 0 Å². The third-order valence-corrected chi connectivity index (χ3v) is 3.04. The van der Waals surface area contributed by atoms with Gasteiger partial charge >= 0.3 is 0 Å². The average Bonchev–Trinajstić information content (AvgIpc) is 2.58. The van der Waals surface area contributed by atoms with Gasteiger partial charge in [0.1, 0.15) is 5.82 Å². The van der Waals surface area contributed by atoms with Gasteiger partial charge in [-0.15, -0.1) is 0 Å². The zero-order chi connectivity index (χ0) is 11.5. The minimum atomic E-state index is 0.409. The molecule has 1 aromatic heterocycles. The molecular weight excluding hydrogens is 220 g/mol. The van der Waals surface area contributed by atoms with Crippen LogP contribution in [0.3, 0.4) is 0 Å². The summed E-state index contributed by atoms with van der Waals surface area (Å²) in [6.07, 6.45) is 0.844. The number of aryl methyl sites for hydroxylation is 2. The Morgan fingerprint density at radius 2 is 2.38 bits per heavy atom. The Balaban J connectivity index is 2.10. The number of rotatable bonds is 3. The van der Waals surface area contributed by atoms with E-state index in [4.69, 9.17) is 11.1 Å². The molecular formula is C11H15N4S+. The van der Waals surface area contributed by atoms with E-state index in [0.717, 1.165) is 29.0 Å². The lowest BCUT2D eigenvalue weighted by molar-refractivity contribution is -0.110. The predicted octanol–water partition coefficient (Wildman–Crippen LogP) is 0.221. The summed E-state index contributed by atoms with van der Waals surface area (Å²) in [6.45, 7) is 2.07. The molecule has 84 valence electrons. The fourth-order valence-electron chi connectivity index (χ4n) is 1.56. The van der Waals surface area contributed by atoms with E-state index in [1.807, 2.05) is 6.07 Å². The van der Waals surface area contributed by atoms with Crippen LogP contribution in [-0.2, 0) is 6.42 Å². The Labute approximate surface area is 98.1 Å². The Bertz CT molecular complexity index is 518. The highest BCUT2D eigenvalue weighted by Crippen LogP contribution is 2.14. The fourth-order valence-corrected chi connectivity index (χ4v) is 2.09. The van der Waals surface area contributed by atoms with Crippen molar-refractivity contribution in [3.8, 4) is 0 Å². The van der Waals surface area contributed by atoms with Gasteiger partial charge in [0.2, 0.25) is 0 Å². The number of nitrogens with two attached hydrogens (primary N) is 2. The molecule has 0 saturated carbocycles. The Kier molecular flexibility index (Phi) is 3.14. The van der Waals surface area contributed by atoms with Gasteiger partial charge in [-0.3, -0.25) is 11.1 Å². The van der Waals surface area contributed by atoms with Crippen molar-refractivity contribution >= 4 is 28.0 Å². The Morgan fingerprint density at radius 1 is 1.56 bits per heavy atom. The number of hydrogen-bond acceptors (Lipinski definition) is 2. The third-order valence-electron chi connectivity index (χ3n) is 2.29. The molecule has 5 N–H and O–H groups in total. The van der Waals surface area contributed by atoms with E-state index in [2.05, 4.69) is 29.0 Å². The third kappa shape index (κ3) is 2.55. The second-order valence-electron chi connectivity index (χ2n) is 3.70. The van der Waals surface area contributed by atoms with Crippen LogP contribution in [0, 0.1) is 6.92 Å². The number of benzene rings is 1. The van der Waals surface area contributed by atoms with Crippen LogP contribution in [0.4, 0.5) is 0 Å². The van der Waals surface area contributed by atoms with Gasteiger partial charge < -0.3 is 4.98 Å². The molecule has 16 heavy (non-hydrogen) atoms. The summed E-state index contributed by atoms with van der Waals surface area (Å²) in [6, 6.07) is 6.19. The van der Waals surface area contributed by atoms with Gasteiger partial charge in [0.25, 0.3) is 5.17 Å². The molecule has 0 spiro atoms. The molecule has 1 aromatic carbocycles. The Morgan fingerprint density at radius 3 is 3.12 bits per heavy atom. The molecule has 0 unspecified atom stereocenters. The van der Waals surface area contributed by atoms with Crippen LogP contribution >= 0.6 is 11.8 Å². The number of H-pyrrole nitrogens is 1. The van der Waals surface area contributed by atoms with Gasteiger partial charge in [0.05, 0.1) is 11.0 Å². The first-order valence-electron chi connectivity index (χ1n) is 5.11. The second-order valence-corrected chi connectivity index (χ2v) is 4.87. The van der Waals surface area contributed by atoms with E-state index >= 15 is 0 Å². The topological polar surface area (TPSA) is 80.3 Å². The van der Waals surface area contributed by atoms with Crippen LogP contribution in [0.25, 0.3) is 11.0 Å². The molecule has 0 bridgehead atoms. The van der Waals surface area contributed by atoms with Crippen LogP contribution in [0.2, 0.25) is 0 Å². The summed E-state index contributed by atoms with van der Waals surface area (Å²) < 4.78 is 0. The summed E-state index contributed by atoms with van der Waals surface area (Å²) in [5.74, 6) is 1.83. The van der Waals surface area contributed by atoms with Crippen molar-refractivity contribution in [1.82, 2.24) is 9.97 Å². The minimum Gasteiger partial charge on any atom is -0.342 e. The highest BCUT2D eigenvalue weighted by molar-refractivity contribution is 8.13. The first-order chi connectivity index (χ1) is 7.65. The Hall–Kier alpha value is -1.49. The number of aromatic nitrogens is 2. The normalized spacial score (nSPS) is 10.8.